The van der Waals surface area contributed by atoms with Crippen molar-refractivity contribution in [3.63, 3.8) is 0 Å². The molecule has 1 aliphatic carbocycles. The van der Waals surface area contributed by atoms with E-state index in [0.717, 1.165) is 24.7 Å². The second-order valence-electron chi connectivity index (χ2n) is 4.78. The monoisotopic (exact) mass is 260 g/mol. The average molecular weight is 261 g/mol. The summed E-state index contributed by atoms with van der Waals surface area (Å²) in [5.41, 5.74) is 10.1. The summed E-state index contributed by atoms with van der Waals surface area (Å²) in [6.07, 6.45) is 1.33. The molecule has 0 radical (unpaired) electrons. The van der Waals surface area contributed by atoms with Gasteiger partial charge in [0.15, 0.2) is 0 Å². The molecule has 1 spiro atoms. The van der Waals surface area contributed by atoms with Gasteiger partial charge in [-0.2, -0.15) is 0 Å². The molecule has 2 aliphatic rings. The molecule has 1 saturated carbocycles. The molecular weight excluding hydrogens is 243 g/mol. The van der Waals surface area contributed by atoms with Crippen LogP contribution in [0, 0.1) is 5.92 Å². The Bertz CT molecular complexity index is 395. The minimum Gasteiger partial charge on any atom is -0.399 e. The second-order valence-corrected chi connectivity index (χ2v) is 4.78. The lowest BCUT2D eigenvalue weighted by Gasteiger charge is -2.27. The molecule has 1 aliphatic heterocycles. The van der Waals surface area contributed by atoms with Crippen LogP contribution in [-0.4, -0.2) is 6.54 Å². The van der Waals surface area contributed by atoms with Gasteiger partial charge in [-0.1, -0.05) is 13.0 Å². The molecule has 2 nitrogen and oxygen atoms in total. The molecule has 2 unspecified atom stereocenters. The molecule has 3 N–H and O–H groups in total. The molecule has 0 amide bonds. The molecule has 16 heavy (non-hydrogen) atoms. The van der Waals surface area contributed by atoms with E-state index in [1.165, 1.54) is 17.5 Å². The van der Waals surface area contributed by atoms with Gasteiger partial charge < -0.3 is 11.1 Å². The Morgan fingerprint density at radius 1 is 1.38 bits per heavy atom. The van der Waals surface area contributed by atoms with E-state index in [1.54, 1.807) is 0 Å². The highest BCUT2D eigenvalue weighted by molar-refractivity contribution is 5.85. The van der Waals surface area contributed by atoms with Crippen LogP contribution in [0.2, 0.25) is 0 Å². The van der Waals surface area contributed by atoms with Crippen molar-refractivity contribution in [1.82, 2.24) is 5.32 Å². The Balaban J connectivity index is 0.000000640. The minimum atomic E-state index is 0. The van der Waals surface area contributed by atoms with Crippen LogP contribution in [0.15, 0.2) is 18.2 Å². The lowest BCUT2D eigenvalue weighted by molar-refractivity contribution is 0.503. The van der Waals surface area contributed by atoms with Crippen LogP contribution in [0.5, 0.6) is 0 Å². The third-order valence-corrected chi connectivity index (χ3v) is 3.88. The molecule has 1 heterocycles. The molecule has 1 aromatic carbocycles. The lowest BCUT2D eigenvalue weighted by Crippen LogP contribution is -2.34. The SMILES string of the molecule is CC1CC12CNCc1cc(N)ccc12.Cl.Cl. The van der Waals surface area contributed by atoms with Gasteiger partial charge in [0.2, 0.25) is 0 Å². The van der Waals surface area contributed by atoms with Gasteiger partial charge in [-0.05, 0) is 35.6 Å². The number of hydrogen-bond donors (Lipinski definition) is 2. The van der Waals surface area contributed by atoms with Crippen LogP contribution in [-0.2, 0) is 12.0 Å². The zero-order valence-electron chi connectivity index (χ0n) is 9.32. The summed E-state index contributed by atoms with van der Waals surface area (Å²) < 4.78 is 0. The van der Waals surface area contributed by atoms with Crippen molar-refractivity contribution in [2.24, 2.45) is 5.92 Å². The minimum absolute atomic E-state index is 0. The number of hydrogen-bond acceptors (Lipinski definition) is 2. The zero-order valence-corrected chi connectivity index (χ0v) is 11.0. The number of anilines is 1. The molecule has 4 heteroatoms. The van der Waals surface area contributed by atoms with E-state index in [1.807, 2.05) is 6.07 Å². The maximum Gasteiger partial charge on any atom is 0.0317 e. The molecule has 0 aromatic heterocycles. The van der Waals surface area contributed by atoms with E-state index < -0.39 is 0 Å². The van der Waals surface area contributed by atoms with E-state index in [9.17, 15) is 0 Å². The Morgan fingerprint density at radius 2 is 2.06 bits per heavy atom. The summed E-state index contributed by atoms with van der Waals surface area (Å²) in [6.45, 7) is 4.47. The lowest BCUT2D eigenvalue weighted by atomic mass is 9.86. The summed E-state index contributed by atoms with van der Waals surface area (Å²) in [5.74, 6) is 0.831. The van der Waals surface area contributed by atoms with Gasteiger partial charge in [-0.15, -0.1) is 24.8 Å². The van der Waals surface area contributed by atoms with Crippen LogP contribution >= 0.6 is 24.8 Å². The first-order valence-electron chi connectivity index (χ1n) is 5.32. The number of halogens is 2. The third-order valence-electron chi connectivity index (χ3n) is 3.88. The maximum atomic E-state index is 5.80. The summed E-state index contributed by atoms with van der Waals surface area (Å²) in [4.78, 5) is 0. The Hall–Kier alpha value is -0.440. The van der Waals surface area contributed by atoms with Gasteiger partial charge in [-0.3, -0.25) is 0 Å². The molecule has 1 fully saturated rings. The summed E-state index contributed by atoms with van der Waals surface area (Å²) in [5, 5.41) is 3.50. The van der Waals surface area contributed by atoms with Crippen molar-refractivity contribution in [3.05, 3.63) is 29.3 Å². The topological polar surface area (TPSA) is 38.0 Å². The average Bonchev–Trinajstić information content (AvgIpc) is 2.77. The van der Waals surface area contributed by atoms with Gasteiger partial charge in [0.25, 0.3) is 0 Å². The number of fused-ring (bicyclic) bond motifs is 2. The number of benzene rings is 1. The normalized spacial score (nSPS) is 29.9. The van der Waals surface area contributed by atoms with Crippen molar-refractivity contribution in [2.45, 2.75) is 25.3 Å². The zero-order chi connectivity index (χ0) is 9.76. The number of nitrogen functional groups attached to an aromatic ring is 1. The quantitative estimate of drug-likeness (QED) is 0.704. The van der Waals surface area contributed by atoms with Crippen LogP contribution in [0.1, 0.15) is 24.5 Å². The van der Waals surface area contributed by atoms with Crippen LogP contribution in [0.3, 0.4) is 0 Å². The summed E-state index contributed by atoms with van der Waals surface area (Å²) >= 11 is 0. The van der Waals surface area contributed by atoms with E-state index in [-0.39, 0.29) is 24.8 Å². The highest BCUT2D eigenvalue weighted by atomic mass is 35.5. The smallest absolute Gasteiger partial charge is 0.0317 e. The van der Waals surface area contributed by atoms with E-state index in [4.69, 9.17) is 5.73 Å². The van der Waals surface area contributed by atoms with Crippen molar-refractivity contribution in [2.75, 3.05) is 12.3 Å². The van der Waals surface area contributed by atoms with E-state index in [0.29, 0.717) is 5.41 Å². The fourth-order valence-electron chi connectivity index (χ4n) is 2.87. The molecule has 1 aromatic rings. The van der Waals surface area contributed by atoms with E-state index in [2.05, 4.69) is 24.4 Å². The highest BCUT2D eigenvalue weighted by Gasteiger charge is 2.53. The van der Waals surface area contributed by atoms with Crippen LogP contribution in [0.25, 0.3) is 0 Å². The van der Waals surface area contributed by atoms with Gasteiger partial charge in [0.1, 0.15) is 0 Å². The molecule has 2 atom stereocenters. The van der Waals surface area contributed by atoms with Crippen molar-refractivity contribution in [1.29, 1.82) is 0 Å². The molecule has 0 saturated heterocycles. The van der Waals surface area contributed by atoms with E-state index >= 15 is 0 Å². The molecular formula is C12H18Cl2N2. The predicted octanol–water partition coefficient (Wildman–Crippen LogP) is 2.49. The Labute approximate surface area is 109 Å². The largest absolute Gasteiger partial charge is 0.399 e. The number of rotatable bonds is 0. The fraction of sp³-hybridized carbons (Fsp3) is 0.500. The van der Waals surface area contributed by atoms with Gasteiger partial charge in [0.05, 0.1) is 0 Å². The maximum absolute atomic E-state index is 5.80. The first kappa shape index (κ1) is 13.6. The second kappa shape index (κ2) is 4.44. The molecule has 90 valence electrons. The molecule has 0 bridgehead atoms. The van der Waals surface area contributed by atoms with Crippen molar-refractivity contribution in [3.8, 4) is 0 Å². The predicted molar refractivity (Wildman–Crippen MR) is 72.5 cm³/mol. The van der Waals surface area contributed by atoms with Gasteiger partial charge in [-0.25, -0.2) is 0 Å². The Morgan fingerprint density at radius 3 is 2.69 bits per heavy atom. The number of nitrogens with two attached hydrogens (primary N) is 1. The van der Waals surface area contributed by atoms with Gasteiger partial charge in [0, 0.05) is 24.2 Å². The standard InChI is InChI=1S/C12H16N2.2ClH/c1-8-5-12(8)7-14-6-9-4-10(13)2-3-11(9)12;;/h2-4,8,14H,5-7,13H2,1H3;2*1H. The van der Waals surface area contributed by atoms with Crippen molar-refractivity contribution < 1.29 is 0 Å². The van der Waals surface area contributed by atoms with Crippen LogP contribution in [0.4, 0.5) is 5.69 Å². The Kier molecular flexibility index (Phi) is 3.78. The highest BCUT2D eigenvalue weighted by Crippen LogP contribution is 2.55. The first-order chi connectivity index (χ1) is 6.72. The first-order valence-corrected chi connectivity index (χ1v) is 5.32. The summed E-state index contributed by atoms with van der Waals surface area (Å²) in [6, 6.07) is 6.39. The van der Waals surface area contributed by atoms with Crippen molar-refractivity contribution >= 4 is 30.5 Å². The van der Waals surface area contributed by atoms with Crippen LogP contribution < -0.4 is 11.1 Å². The third kappa shape index (κ3) is 1.79. The fourth-order valence-corrected chi connectivity index (χ4v) is 2.87. The summed E-state index contributed by atoms with van der Waals surface area (Å²) in [7, 11) is 0. The number of nitrogens with one attached hydrogen (secondary N) is 1. The van der Waals surface area contributed by atoms with Gasteiger partial charge >= 0.3 is 0 Å². The molecule has 3 rings (SSSR count).